The third-order valence-electron chi connectivity index (χ3n) is 7.23. The maximum atomic E-state index is 10.5. The number of likely N-dealkylation sites (tertiary alicyclic amines) is 1. The van der Waals surface area contributed by atoms with Gasteiger partial charge in [0.2, 0.25) is 0 Å². The highest BCUT2D eigenvalue weighted by molar-refractivity contribution is 6.60. The van der Waals surface area contributed by atoms with Crippen molar-refractivity contribution in [3.63, 3.8) is 0 Å². The van der Waals surface area contributed by atoms with Crippen LogP contribution in [0.4, 0.5) is 0 Å². The topological polar surface area (TPSA) is 150 Å². The van der Waals surface area contributed by atoms with Gasteiger partial charge in [0.1, 0.15) is 6.73 Å². The molecule has 1 saturated heterocycles. The van der Waals surface area contributed by atoms with E-state index in [0.29, 0.717) is 44.9 Å². The van der Waals surface area contributed by atoms with E-state index in [1.165, 1.54) is 0 Å². The molecule has 246 valence electrons. The van der Waals surface area contributed by atoms with Crippen LogP contribution >= 0.6 is 0 Å². The van der Waals surface area contributed by atoms with Gasteiger partial charge in [0.05, 0.1) is 38.8 Å². The number of hydrogen-bond donors (Lipinski definition) is 3. The minimum atomic E-state index is -2.62. The molecule has 41 heavy (non-hydrogen) atoms. The van der Waals surface area contributed by atoms with Crippen LogP contribution in [0.25, 0.3) is 0 Å². The first-order valence-electron chi connectivity index (χ1n) is 14.2. The second-order valence-corrected chi connectivity index (χ2v) is 16.2. The van der Waals surface area contributed by atoms with Gasteiger partial charge < -0.3 is 56.1 Å². The van der Waals surface area contributed by atoms with Crippen LogP contribution in [0.15, 0.2) is 0 Å². The van der Waals surface area contributed by atoms with Crippen LogP contribution in [0.1, 0.15) is 25.7 Å². The van der Waals surface area contributed by atoms with Crippen molar-refractivity contribution < 1.29 is 56.1 Å². The van der Waals surface area contributed by atoms with Gasteiger partial charge in [-0.2, -0.15) is 0 Å². The maximum absolute atomic E-state index is 10.5. The standard InChI is InChI=1S/C25H56N2O12Si2/c1-31-40(32-2,33-3)14-8-12-37-19-24(29)16-26(21-28)22-39-18-23-10-7-11-27(23)17-25(30)20-38-13-9-15-41(34-4,35-5)36-6/h23-25,28-30H,7-22H2,1-6H3. The van der Waals surface area contributed by atoms with Crippen molar-refractivity contribution in [2.24, 2.45) is 0 Å². The molecule has 0 aliphatic carbocycles. The molecule has 0 aromatic carbocycles. The summed E-state index contributed by atoms with van der Waals surface area (Å²) in [4.78, 5) is 3.83. The van der Waals surface area contributed by atoms with Gasteiger partial charge in [-0.25, -0.2) is 0 Å². The fourth-order valence-electron chi connectivity index (χ4n) is 4.80. The molecule has 16 heteroatoms. The van der Waals surface area contributed by atoms with Crippen LogP contribution in [0, 0.1) is 0 Å². The number of aliphatic hydroxyl groups excluding tert-OH is 3. The molecule has 0 amide bonds. The summed E-state index contributed by atoms with van der Waals surface area (Å²) < 4.78 is 49.5. The summed E-state index contributed by atoms with van der Waals surface area (Å²) in [6.07, 6.45) is 2.03. The minimum Gasteiger partial charge on any atom is -0.389 e. The molecule has 1 fully saturated rings. The number of rotatable bonds is 27. The van der Waals surface area contributed by atoms with Gasteiger partial charge in [-0.3, -0.25) is 9.80 Å². The summed E-state index contributed by atoms with van der Waals surface area (Å²) >= 11 is 0. The Morgan fingerprint density at radius 2 is 1.29 bits per heavy atom. The third-order valence-corrected chi connectivity index (χ3v) is 12.9. The quantitative estimate of drug-likeness (QED) is 0.0632. The highest BCUT2D eigenvalue weighted by Gasteiger charge is 2.37. The number of ether oxygens (including phenoxy) is 3. The van der Waals surface area contributed by atoms with Gasteiger partial charge in [0.25, 0.3) is 0 Å². The normalized spacial score (nSPS) is 18.4. The molecular formula is C25H56N2O12Si2. The lowest BCUT2D eigenvalue weighted by molar-refractivity contribution is -0.0630. The fourth-order valence-corrected chi connectivity index (χ4v) is 8.18. The van der Waals surface area contributed by atoms with Gasteiger partial charge in [0, 0.05) is 87.1 Å². The van der Waals surface area contributed by atoms with E-state index in [0.717, 1.165) is 25.8 Å². The average Bonchev–Trinajstić information content (AvgIpc) is 3.43. The molecule has 1 heterocycles. The van der Waals surface area contributed by atoms with Crippen molar-refractivity contribution in [1.29, 1.82) is 0 Å². The van der Waals surface area contributed by atoms with E-state index in [-0.39, 0.29) is 39.3 Å². The Morgan fingerprint density at radius 1 is 0.780 bits per heavy atom. The van der Waals surface area contributed by atoms with Crippen molar-refractivity contribution >= 4 is 17.6 Å². The van der Waals surface area contributed by atoms with Gasteiger partial charge in [-0.1, -0.05) is 0 Å². The Hall–Kier alpha value is -0.126. The van der Waals surface area contributed by atoms with Gasteiger partial charge >= 0.3 is 17.6 Å². The lowest BCUT2D eigenvalue weighted by Crippen LogP contribution is -2.43. The highest BCUT2D eigenvalue weighted by Crippen LogP contribution is 2.19. The summed E-state index contributed by atoms with van der Waals surface area (Å²) in [5.74, 6) is 0. The summed E-state index contributed by atoms with van der Waals surface area (Å²) in [5, 5.41) is 30.5. The molecule has 0 aromatic heterocycles. The second kappa shape index (κ2) is 22.4. The molecule has 14 nitrogen and oxygen atoms in total. The van der Waals surface area contributed by atoms with Gasteiger partial charge in [0.15, 0.2) is 0 Å². The van der Waals surface area contributed by atoms with Crippen molar-refractivity contribution in [2.45, 2.75) is 56.0 Å². The lowest BCUT2D eigenvalue weighted by atomic mass is 10.2. The molecule has 0 spiro atoms. The second-order valence-electron chi connectivity index (χ2n) is 10.0. The van der Waals surface area contributed by atoms with Crippen LogP contribution in [0.5, 0.6) is 0 Å². The summed E-state index contributed by atoms with van der Waals surface area (Å²) in [7, 11) is 4.26. The Bertz CT molecular complexity index is 621. The Kier molecular flexibility index (Phi) is 21.2. The molecule has 3 unspecified atom stereocenters. The number of hydrogen-bond acceptors (Lipinski definition) is 14. The Morgan fingerprint density at radius 3 is 1.78 bits per heavy atom. The van der Waals surface area contributed by atoms with E-state index in [1.807, 2.05) is 0 Å². The van der Waals surface area contributed by atoms with Gasteiger partial charge in [-0.15, -0.1) is 0 Å². The van der Waals surface area contributed by atoms with Crippen molar-refractivity contribution in [2.75, 3.05) is 109 Å². The number of β-amino-alcohol motifs (C(OH)–C–C–N with tert-alkyl or cyclic N) is 1. The molecule has 1 rings (SSSR count). The largest absolute Gasteiger partial charge is 0.500 e. The highest BCUT2D eigenvalue weighted by atomic mass is 28.4. The van der Waals surface area contributed by atoms with E-state index in [1.54, 1.807) is 47.6 Å². The smallest absolute Gasteiger partial charge is 0.389 e. The molecule has 0 bridgehead atoms. The van der Waals surface area contributed by atoms with Crippen LogP contribution < -0.4 is 0 Å². The Balaban J connectivity index is 2.24. The zero-order chi connectivity index (χ0) is 30.6. The molecule has 0 radical (unpaired) electrons. The first-order valence-corrected chi connectivity index (χ1v) is 18.1. The molecule has 3 atom stereocenters. The SMILES string of the molecule is CO[Si](CCCOCC(O)CN(CO)COCC1CCCN1CC(O)COCCC[Si](OC)(OC)OC)(OC)OC. The van der Waals surface area contributed by atoms with E-state index in [9.17, 15) is 15.3 Å². The molecule has 0 saturated carbocycles. The summed E-state index contributed by atoms with van der Waals surface area (Å²) in [6.45, 7) is 3.33. The number of nitrogens with zero attached hydrogens (tertiary/aromatic N) is 2. The molecule has 3 N–H and O–H groups in total. The van der Waals surface area contributed by atoms with Crippen molar-refractivity contribution in [3.05, 3.63) is 0 Å². The first-order chi connectivity index (χ1) is 19.8. The fraction of sp³-hybridized carbons (Fsp3) is 1.00. The van der Waals surface area contributed by atoms with Crippen molar-refractivity contribution in [3.8, 4) is 0 Å². The predicted octanol–water partition coefficient (Wildman–Crippen LogP) is -0.0319. The molecule has 0 aromatic rings. The average molecular weight is 633 g/mol. The third kappa shape index (κ3) is 14.9. The van der Waals surface area contributed by atoms with Crippen LogP contribution in [0.3, 0.4) is 0 Å². The minimum absolute atomic E-state index is 0.141. The Labute approximate surface area is 248 Å². The monoisotopic (exact) mass is 632 g/mol. The molecular weight excluding hydrogens is 576 g/mol. The maximum Gasteiger partial charge on any atom is 0.500 e. The number of aliphatic hydroxyl groups is 3. The summed E-state index contributed by atoms with van der Waals surface area (Å²) in [5.41, 5.74) is 0. The zero-order valence-electron chi connectivity index (χ0n) is 26.0. The van der Waals surface area contributed by atoms with Crippen LogP contribution in [-0.4, -0.2) is 170 Å². The van der Waals surface area contributed by atoms with Crippen LogP contribution in [-0.2, 0) is 40.8 Å². The molecule has 1 aliphatic heterocycles. The van der Waals surface area contributed by atoms with E-state index in [2.05, 4.69) is 4.90 Å². The lowest BCUT2D eigenvalue weighted by Gasteiger charge is -2.28. The van der Waals surface area contributed by atoms with Crippen LogP contribution in [0.2, 0.25) is 12.1 Å². The van der Waals surface area contributed by atoms with Gasteiger partial charge in [-0.05, 0) is 32.2 Å². The summed E-state index contributed by atoms with van der Waals surface area (Å²) in [6, 6.07) is 1.44. The van der Waals surface area contributed by atoms with E-state index in [4.69, 9.17) is 40.8 Å². The zero-order valence-corrected chi connectivity index (χ0v) is 28.0. The van der Waals surface area contributed by atoms with E-state index >= 15 is 0 Å². The molecule has 1 aliphatic rings. The van der Waals surface area contributed by atoms with E-state index < -0.39 is 29.8 Å². The predicted molar refractivity (Wildman–Crippen MR) is 155 cm³/mol. The van der Waals surface area contributed by atoms with Crippen molar-refractivity contribution in [1.82, 2.24) is 9.80 Å². The first kappa shape index (κ1) is 38.9.